The first-order chi connectivity index (χ1) is 15.4. The Labute approximate surface area is 186 Å². The van der Waals surface area contributed by atoms with Crippen LogP contribution in [0.5, 0.6) is 23.3 Å². The van der Waals surface area contributed by atoms with Crippen molar-refractivity contribution in [3.63, 3.8) is 0 Å². The predicted octanol–water partition coefficient (Wildman–Crippen LogP) is 4.98. The highest BCUT2D eigenvalue weighted by molar-refractivity contribution is 6.31. The Hall–Kier alpha value is -3.79. The lowest BCUT2D eigenvalue weighted by Crippen LogP contribution is -2.02. The molecule has 0 aliphatic carbocycles. The van der Waals surface area contributed by atoms with Gasteiger partial charge in [0, 0.05) is 22.2 Å². The number of nitrogens with zero attached hydrogens (tertiary/aromatic N) is 3. The first-order valence-corrected chi connectivity index (χ1v) is 9.40. The summed E-state index contributed by atoms with van der Waals surface area (Å²) in [5.41, 5.74) is 0.895. The van der Waals surface area contributed by atoms with Gasteiger partial charge in [0.1, 0.15) is 30.3 Å². The molecule has 0 saturated heterocycles. The van der Waals surface area contributed by atoms with Crippen LogP contribution in [-0.2, 0) is 21.0 Å². The maximum absolute atomic E-state index is 14.9. The first kappa shape index (κ1) is 22.9. The Morgan fingerprint density at radius 1 is 1.12 bits per heavy atom. The third-order valence-corrected chi connectivity index (χ3v) is 4.45. The van der Waals surface area contributed by atoms with E-state index in [4.69, 9.17) is 25.9 Å². The van der Waals surface area contributed by atoms with Crippen LogP contribution in [0.2, 0.25) is 5.02 Å². The minimum Gasteiger partial charge on any atom is -0.465 e. The highest BCUT2D eigenvalue weighted by Crippen LogP contribution is 2.34. The Kier molecular flexibility index (Phi) is 7.50. The van der Waals surface area contributed by atoms with Crippen molar-refractivity contribution in [2.75, 3.05) is 7.11 Å². The molecule has 1 heterocycles. The van der Waals surface area contributed by atoms with Crippen LogP contribution in [0.25, 0.3) is 0 Å². The molecular formula is C21H16ClF2N3O5. The summed E-state index contributed by atoms with van der Waals surface area (Å²) >= 11 is 6.05. The van der Waals surface area contributed by atoms with Gasteiger partial charge in [-0.15, -0.1) is 0 Å². The molecular weight excluding hydrogens is 448 g/mol. The Morgan fingerprint density at radius 2 is 1.84 bits per heavy atom. The zero-order valence-corrected chi connectivity index (χ0v) is 17.6. The Bertz CT molecular complexity index is 1160. The van der Waals surface area contributed by atoms with Gasteiger partial charge in [-0.3, -0.25) is 0 Å². The van der Waals surface area contributed by atoms with Gasteiger partial charge in [-0.25, -0.2) is 9.18 Å². The summed E-state index contributed by atoms with van der Waals surface area (Å²) < 4.78 is 44.1. The van der Waals surface area contributed by atoms with E-state index >= 15 is 0 Å². The van der Waals surface area contributed by atoms with Crippen molar-refractivity contribution in [1.82, 2.24) is 9.97 Å². The molecule has 166 valence electrons. The van der Waals surface area contributed by atoms with Crippen LogP contribution in [0.15, 0.2) is 47.9 Å². The van der Waals surface area contributed by atoms with Crippen LogP contribution in [-0.4, -0.2) is 29.3 Å². The number of methoxy groups -OCH3 is 1. The lowest BCUT2D eigenvalue weighted by atomic mass is 10.2. The normalized spacial score (nSPS) is 10.8. The lowest BCUT2D eigenvalue weighted by Gasteiger charge is -2.13. The summed E-state index contributed by atoms with van der Waals surface area (Å²) in [6.07, 6.45) is 1.85. The van der Waals surface area contributed by atoms with E-state index in [0.29, 0.717) is 21.9 Å². The number of oxime groups is 1. The van der Waals surface area contributed by atoms with E-state index in [1.807, 2.05) is 0 Å². The number of carbonyl (C=O) groups excluding carboxylic acids is 1. The SMILES string of the molecule is COC(=O)C=NOCc1ccc(F)cc1Oc1ncnc(Oc2cccc(Cl)c2C)c1F. The second-order valence-corrected chi connectivity index (χ2v) is 6.56. The number of esters is 1. The van der Waals surface area contributed by atoms with Crippen molar-refractivity contribution in [3.05, 3.63) is 70.5 Å². The number of hydrogen-bond acceptors (Lipinski definition) is 8. The van der Waals surface area contributed by atoms with E-state index in [2.05, 4.69) is 19.9 Å². The number of rotatable bonds is 8. The molecule has 0 aliphatic rings. The molecule has 8 nitrogen and oxygen atoms in total. The number of benzene rings is 2. The van der Waals surface area contributed by atoms with Gasteiger partial charge in [0.25, 0.3) is 11.8 Å². The highest BCUT2D eigenvalue weighted by atomic mass is 35.5. The molecule has 3 rings (SSSR count). The zero-order valence-electron chi connectivity index (χ0n) is 16.8. The van der Waals surface area contributed by atoms with Gasteiger partial charge in [0.2, 0.25) is 5.82 Å². The maximum atomic E-state index is 14.9. The average Bonchev–Trinajstić information content (AvgIpc) is 2.78. The van der Waals surface area contributed by atoms with E-state index in [-0.39, 0.29) is 12.4 Å². The molecule has 0 fully saturated rings. The summed E-state index contributed by atoms with van der Waals surface area (Å²) in [5.74, 6) is -3.05. The monoisotopic (exact) mass is 463 g/mol. The summed E-state index contributed by atoms with van der Waals surface area (Å²) in [5, 5.41) is 3.86. The van der Waals surface area contributed by atoms with Crippen molar-refractivity contribution in [2.24, 2.45) is 5.16 Å². The minimum atomic E-state index is -1.01. The molecule has 0 unspecified atom stereocenters. The first-order valence-electron chi connectivity index (χ1n) is 9.02. The molecule has 1 aromatic heterocycles. The molecule has 0 bridgehead atoms. The van der Waals surface area contributed by atoms with Gasteiger partial charge in [-0.05, 0) is 31.2 Å². The van der Waals surface area contributed by atoms with Crippen molar-refractivity contribution in [1.29, 1.82) is 0 Å². The second-order valence-electron chi connectivity index (χ2n) is 6.15. The van der Waals surface area contributed by atoms with Crippen LogP contribution < -0.4 is 9.47 Å². The number of carbonyl (C=O) groups is 1. The van der Waals surface area contributed by atoms with Gasteiger partial charge >= 0.3 is 5.97 Å². The van der Waals surface area contributed by atoms with E-state index in [1.54, 1.807) is 25.1 Å². The van der Waals surface area contributed by atoms with Crippen LogP contribution >= 0.6 is 11.6 Å². The van der Waals surface area contributed by atoms with Gasteiger partial charge in [-0.1, -0.05) is 22.8 Å². The van der Waals surface area contributed by atoms with Crippen molar-refractivity contribution in [3.8, 4) is 23.3 Å². The molecule has 0 atom stereocenters. The summed E-state index contributed by atoms with van der Waals surface area (Å²) in [6.45, 7) is 1.50. The molecule has 0 N–H and O–H groups in total. The number of ether oxygens (including phenoxy) is 3. The largest absolute Gasteiger partial charge is 0.465 e. The van der Waals surface area contributed by atoms with E-state index in [0.717, 1.165) is 24.7 Å². The minimum absolute atomic E-state index is 0.0826. The Balaban J connectivity index is 1.82. The maximum Gasteiger partial charge on any atom is 0.352 e. The molecule has 3 aromatic rings. The number of hydrogen-bond donors (Lipinski definition) is 0. The molecule has 2 aromatic carbocycles. The topological polar surface area (TPSA) is 92.1 Å². The molecule has 0 radical (unpaired) electrons. The third kappa shape index (κ3) is 5.67. The van der Waals surface area contributed by atoms with Crippen molar-refractivity contribution in [2.45, 2.75) is 13.5 Å². The molecule has 11 heteroatoms. The summed E-state index contributed by atoms with van der Waals surface area (Å²) in [6, 6.07) is 8.43. The summed E-state index contributed by atoms with van der Waals surface area (Å²) in [7, 11) is 1.18. The van der Waals surface area contributed by atoms with E-state index in [9.17, 15) is 13.6 Å². The van der Waals surface area contributed by atoms with Gasteiger partial charge in [0.05, 0.1) is 7.11 Å². The fourth-order valence-electron chi connectivity index (χ4n) is 2.37. The van der Waals surface area contributed by atoms with Crippen molar-refractivity contribution < 1.29 is 32.6 Å². The van der Waals surface area contributed by atoms with E-state index < -0.39 is 29.4 Å². The number of halogens is 3. The van der Waals surface area contributed by atoms with Crippen LogP contribution in [0.4, 0.5) is 8.78 Å². The van der Waals surface area contributed by atoms with Gasteiger partial charge in [-0.2, -0.15) is 14.4 Å². The molecule has 0 spiro atoms. The van der Waals surface area contributed by atoms with Crippen LogP contribution in [0.3, 0.4) is 0 Å². The fourth-order valence-corrected chi connectivity index (χ4v) is 2.54. The van der Waals surface area contributed by atoms with E-state index in [1.165, 1.54) is 13.2 Å². The smallest absolute Gasteiger partial charge is 0.352 e. The highest BCUT2D eigenvalue weighted by Gasteiger charge is 2.18. The van der Waals surface area contributed by atoms with Crippen LogP contribution in [0, 0.1) is 18.6 Å². The zero-order chi connectivity index (χ0) is 23.1. The third-order valence-electron chi connectivity index (χ3n) is 4.04. The quantitative estimate of drug-likeness (QED) is 0.264. The lowest BCUT2D eigenvalue weighted by molar-refractivity contribution is -0.132. The molecule has 32 heavy (non-hydrogen) atoms. The van der Waals surface area contributed by atoms with Gasteiger partial charge in [0.15, 0.2) is 6.21 Å². The molecule has 0 aliphatic heterocycles. The molecule has 0 amide bonds. The Morgan fingerprint density at radius 3 is 2.56 bits per heavy atom. The average molecular weight is 464 g/mol. The number of aromatic nitrogens is 2. The standard InChI is InChI=1S/C21H16ClF2N3O5/c1-12-15(22)4-3-5-16(12)31-20-19(24)21(26-11-25-20)32-17-8-14(23)7-6-13(17)10-30-27-9-18(28)29-2/h3-9,11H,10H2,1-2H3. The van der Waals surface area contributed by atoms with Gasteiger partial charge < -0.3 is 19.0 Å². The summed E-state index contributed by atoms with van der Waals surface area (Å²) in [4.78, 5) is 23.5. The van der Waals surface area contributed by atoms with Crippen molar-refractivity contribution >= 4 is 23.8 Å². The second kappa shape index (κ2) is 10.5. The fraction of sp³-hybridized carbons (Fsp3) is 0.143. The predicted molar refractivity (Wildman–Crippen MR) is 110 cm³/mol. The molecule has 0 saturated carbocycles. The van der Waals surface area contributed by atoms with Crippen LogP contribution in [0.1, 0.15) is 11.1 Å².